The maximum absolute atomic E-state index is 12.1. The molecule has 0 bridgehead atoms. The number of hydrogen-bond donors (Lipinski definition) is 0. The summed E-state index contributed by atoms with van der Waals surface area (Å²) in [6, 6.07) is 0. The number of nitrogens with zero attached hydrogens (tertiary/aromatic N) is 1. The molecule has 2 rings (SSSR count). The van der Waals surface area contributed by atoms with Crippen molar-refractivity contribution < 1.29 is 9.53 Å². The van der Waals surface area contributed by atoms with Gasteiger partial charge in [-0.15, -0.1) is 0 Å². The van der Waals surface area contributed by atoms with E-state index in [0.717, 1.165) is 19.5 Å². The Kier molecular flexibility index (Phi) is 3.98. The van der Waals surface area contributed by atoms with E-state index < -0.39 is 24.0 Å². The summed E-state index contributed by atoms with van der Waals surface area (Å²) >= 11 is -1.98. The van der Waals surface area contributed by atoms with Gasteiger partial charge in [0, 0.05) is 0 Å². The summed E-state index contributed by atoms with van der Waals surface area (Å²) in [4.78, 5) is 21.5. The molecule has 1 heterocycles. The predicted octanol–water partition coefficient (Wildman–Crippen LogP) is 3.68. The number of likely N-dealkylation sites (tertiary alicyclic amines) is 1. The SMILES string of the molecule is CC(C)(C)OC(=O)N1C[C@@H]2CC=[C]([Sn]([CH3])([CH3])[CH3])[C@@H]2C1. The zero-order valence-corrected chi connectivity index (χ0v) is 16.0. The number of rotatable bonds is 1. The quantitative estimate of drug-likeness (QED) is 0.658. The van der Waals surface area contributed by atoms with Crippen molar-refractivity contribution in [2.75, 3.05) is 13.1 Å². The molecule has 2 atom stereocenters. The fourth-order valence-corrected chi connectivity index (χ4v) is 9.42. The fourth-order valence-electron chi connectivity index (χ4n) is 3.23. The molecule has 0 aromatic heterocycles. The Bertz CT molecular complexity index is 403. The predicted molar refractivity (Wildman–Crippen MR) is 80.8 cm³/mol. The Balaban J connectivity index is 2.02. The molecule has 19 heavy (non-hydrogen) atoms. The number of carbonyl (C=O) groups excluding carboxylic acids is 1. The molecule has 1 amide bonds. The van der Waals surface area contributed by atoms with Crippen LogP contribution in [0.5, 0.6) is 0 Å². The molecule has 0 spiro atoms. The molecule has 0 aromatic rings. The zero-order valence-electron chi connectivity index (χ0n) is 13.1. The molecular weight excluding hydrogens is 345 g/mol. The maximum atomic E-state index is 12.1. The normalized spacial score (nSPS) is 27.3. The minimum absolute atomic E-state index is 0.134. The van der Waals surface area contributed by atoms with Gasteiger partial charge in [0.25, 0.3) is 0 Å². The molecule has 1 aliphatic heterocycles. The first-order valence-corrected chi connectivity index (χ1v) is 17.3. The van der Waals surface area contributed by atoms with Crippen LogP contribution in [-0.2, 0) is 4.74 Å². The van der Waals surface area contributed by atoms with Gasteiger partial charge in [-0.2, -0.15) is 0 Å². The Morgan fingerprint density at radius 2 is 1.95 bits per heavy atom. The second kappa shape index (κ2) is 4.97. The molecule has 0 unspecified atom stereocenters. The summed E-state index contributed by atoms with van der Waals surface area (Å²) in [6.07, 6.45) is 3.51. The van der Waals surface area contributed by atoms with Crippen LogP contribution in [0.1, 0.15) is 27.2 Å². The number of fused-ring (bicyclic) bond motifs is 1. The zero-order chi connectivity index (χ0) is 14.4. The van der Waals surface area contributed by atoms with Gasteiger partial charge in [-0.25, -0.2) is 0 Å². The van der Waals surface area contributed by atoms with Gasteiger partial charge in [0.1, 0.15) is 0 Å². The molecule has 0 aromatic carbocycles. The van der Waals surface area contributed by atoms with Gasteiger partial charge in [0.2, 0.25) is 0 Å². The van der Waals surface area contributed by atoms with Crippen LogP contribution < -0.4 is 0 Å². The Morgan fingerprint density at radius 1 is 1.32 bits per heavy atom. The average Bonchev–Trinajstić information content (AvgIpc) is 2.68. The third kappa shape index (κ3) is 3.47. The van der Waals surface area contributed by atoms with Crippen molar-refractivity contribution in [3.8, 4) is 0 Å². The van der Waals surface area contributed by atoms with Crippen molar-refractivity contribution in [2.45, 2.75) is 47.6 Å². The van der Waals surface area contributed by atoms with Crippen molar-refractivity contribution in [1.29, 1.82) is 0 Å². The van der Waals surface area contributed by atoms with E-state index >= 15 is 0 Å². The Hall–Kier alpha value is -0.191. The topological polar surface area (TPSA) is 29.5 Å². The first kappa shape index (κ1) is 15.2. The number of amides is 1. The summed E-state index contributed by atoms with van der Waals surface area (Å²) in [5.74, 6) is 1.28. The van der Waals surface area contributed by atoms with Gasteiger partial charge < -0.3 is 0 Å². The van der Waals surface area contributed by atoms with E-state index in [1.54, 1.807) is 3.59 Å². The van der Waals surface area contributed by atoms with Gasteiger partial charge >= 0.3 is 121 Å². The molecular formula is C15H27NO2Sn. The fraction of sp³-hybridized carbons (Fsp3) is 0.800. The van der Waals surface area contributed by atoms with Crippen molar-refractivity contribution in [3.63, 3.8) is 0 Å². The molecule has 108 valence electrons. The van der Waals surface area contributed by atoms with E-state index in [1.807, 2.05) is 25.7 Å². The van der Waals surface area contributed by atoms with Gasteiger partial charge in [-0.1, -0.05) is 0 Å². The van der Waals surface area contributed by atoms with E-state index in [4.69, 9.17) is 4.74 Å². The third-order valence-electron chi connectivity index (χ3n) is 4.00. The summed E-state index contributed by atoms with van der Waals surface area (Å²) in [7, 11) is 0. The van der Waals surface area contributed by atoms with Crippen molar-refractivity contribution in [2.24, 2.45) is 11.8 Å². The van der Waals surface area contributed by atoms with Crippen molar-refractivity contribution >= 4 is 24.5 Å². The van der Waals surface area contributed by atoms with Crippen LogP contribution >= 0.6 is 0 Å². The Morgan fingerprint density at radius 3 is 2.47 bits per heavy atom. The molecule has 1 fully saturated rings. The minimum atomic E-state index is -1.98. The number of hydrogen-bond acceptors (Lipinski definition) is 2. The van der Waals surface area contributed by atoms with Crippen LogP contribution in [0.2, 0.25) is 14.8 Å². The van der Waals surface area contributed by atoms with Crippen molar-refractivity contribution in [1.82, 2.24) is 4.90 Å². The molecule has 1 aliphatic carbocycles. The van der Waals surface area contributed by atoms with Crippen LogP contribution in [0.15, 0.2) is 9.67 Å². The second-order valence-corrected chi connectivity index (χ2v) is 22.4. The number of allylic oxidation sites excluding steroid dienone is 1. The Labute approximate surface area is 121 Å². The van der Waals surface area contributed by atoms with Crippen LogP contribution in [0.4, 0.5) is 4.79 Å². The molecule has 2 aliphatic rings. The van der Waals surface area contributed by atoms with Crippen LogP contribution in [0.3, 0.4) is 0 Å². The molecule has 4 heteroatoms. The second-order valence-electron chi connectivity index (χ2n) is 7.90. The van der Waals surface area contributed by atoms with E-state index in [1.165, 1.54) is 0 Å². The molecule has 3 nitrogen and oxygen atoms in total. The van der Waals surface area contributed by atoms with Gasteiger partial charge in [0.05, 0.1) is 0 Å². The first-order valence-electron chi connectivity index (χ1n) is 7.26. The van der Waals surface area contributed by atoms with E-state index in [-0.39, 0.29) is 6.09 Å². The number of ether oxygens (including phenoxy) is 1. The summed E-state index contributed by atoms with van der Waals surface area (Å²) in [5.41, 5.74) is -0.392. The summed E-state index contributed by atoms with van der Waals surface area (Å²) < 4.78 is 7.22. The third-order valence-corrected chi connectivity index (χ3v) is 10.6. The average molecular weight is 372 g/mol. The number of carbonyl (C=O) groups is 1. The molecule has 1 saturated heterocycles. The standard InChI is InChI=1S/C12H18NO2.3CH3.Sn/c1-12(2,3)15-11(14)13-7-9-5-4-6-10(9)8-13;;;;/h4,9-10H,5,7-8H2,1-3H3;3*1H3;/t9-,10+;;;;/m0..../s1. The molecule has 0 N–H and O–H groups in total. The van der Waals surface area contributed by atoms with Gasteiger partial charge in [-0.05, 0) is 0 Å². The summed E-state index contributed by atoms with van der Waals surface area (Å²) in [5, 5.41) is 0. The van der Waals surface area contributed by atoms with Gasteiger partial charge in [-0.3, -0.25) is 0 Å². The molecule has 0 saturated carbocycles. The molecule has 0 radical (unpaired) electrons. The first-order chi connectivity index (χ1) is 8.58. The van der Waals surface area contributed by atoms with Crippen LogP contribution in [-0.4, -0.2) is 48.1 Å². The van der Waals surface area contributed by atoms with Crippen LogP contribution in [0, 0.1) is 11.8 Å². The van der Waals surface area contributed by atoms with Crippen molar-refractivity contribution in [3.05, 3.63) is 9.67 Å². The monoisotopic (exact) mass is 373 g/mol. The van der Waals surface area contributed by atoms with E-state index in [9.17, 15) is 4.79 Å². The van der Waals surface area contributed by atoms with Gasteiger partial charge in [0.15, 0.2) is 0 Å². The van der Waals surface area contributed by atoms with E-state index in [0.29, 0.717) is 11.8 Å². The van der Waals surface area contributed by atoms with E-state index in [2.05, 4.69) is 20.9 Å². The summed E-state index contributed by atoms with van der Waals surface area (Å²) in [6.45, 7) is 7.54. The van der Waals surface area contributed by atoms with Crippen LogP contribution in [0.25, 0.3) is 0 Å².